The minimum Gasteiger partial charge on any atom is -0.341 e. The van der Waals surface area contributed by atoms with Crippen LogP contribution in [0.15, 0.2) is 24.3 Å². The molecule has 0 atom stereocenters. The molecular weight excluding hydrogens is 198 g/mol. The predicted molar refractivity (Wildman–Crippen MR) is 58.2 cm³/mol. The number of hydrogen-bond acceptors (Lipinski definition) is 1. The fourth-order valence-corrected chi connectivity index (χ4v) is 1.35. The molecular formula is C11H14ClNO. The molecule has 0 unspecified atom stereocenters. The maximum Gasteiger partial charge on any atom is 0.222 e. The Hall–Kier alpha value is -1.02. The Morgan fingerprint density at radius 2 is 1.93 bits per heavy atom. The Morgan fingerprint density at radius 1 is 1.36 bits per heavy atom. The lowest BCUT2D eigenvalue weighted by Crippen LogP contribution is -2.24. The van der Waals surface area contributed by atoms with Crippen LogP contribution in [0.4, 0.5) is 0 Å². The van der Waals surface area contributed by atoms with Gasteiger partial charge in [0.15, 0.2) is 0 Å². The first-order valence-corrected chi connectivity index (χ1v) is 4.99. The van der Waals surface area contributed by atoms with Crippen molar-refractivity contribution in [3.05, 3.63) is 34.9 Å². The highest BCUT2D eigenvalue weighted by Gasteiger charge is 2.05. The Bertz CT molecular complexity index is 308. The third-order valence-electron chi connectivity index (χ3n) is 2.06. The Labute approximate surface area is 89.5 Å². The molecule has 0 heterocycles. The predicted octanol–water partition coefficient (Wildman–Crippen LogP) is 2.71. The lowest BCUT2D eigenvalue weighted by Gasteiger charge is -2.16. The molecule has 0 saturated carbocycles. The van der Waals surface area contributed by atoms with Crippen LogP contribution in [-0.4, -0.2) is 17.9 Å². The number of hydrogen-bond donors (Lipinski definition) is 0. The van der Waals surface area contributed by atoms with Crippen molar-refractivity contribution in [2.24, 2.45) is 0 Å². The first-order valence-electron chi connectivity index (χ1n) is 4.62. The second-order valence-corrected chi connectivity index (χ2v) is 3.67. The van der Waals surface area contributed by atoms with Crippen molar-refractivity contribution in [2.75, 3.05) is 7.05 Å². The van der Waals surface area contributed by atoms with Crippen LogP contribution in [0.5, 0.6) is 0 Å². The summed E-state index contributed by atoms with van der Waals surface area (Å²) in [6, 6.07) is 7.53. The molecule has 2 nitrogen and oxygen atoms in total. The molecule has 0 aliphatic heterocycles. The molecule has 14 heavy (non-hydrogen) atoms. The van der Waals surface area contributed by atoms with Gasteiger partial charge in [-0.1, -0.05) is 30.7 Å². The van der Waals surface area contributed by atoms with Crippen LogP contribution in [0.2, 0.25) is 5.02 Å². The van der Waals surface area contributed by atoms with E-state index < -0.39 is 0 Å². The molecule has 0 fully saturated rings. The van der Waals surface area contributed by atoms with Gasteiger partial charge in [0.2, 0.25) is 5.91 Å². The topological polar surface area (TPSA) is 20.3 Å². The Kier molecular flexibility index (Phi) is 3.96. The fraction of sp³-hybridized carbons (Fsp3) is 0.364. The normalized spacial score (nSPS) is 9.93. The maximum atomic E-state index is 11.3. The van der Waals surface area contributed by atoms with Crippen LogP contribution in [0.25, 0.3) is 0 Å². The number of benzene rings is 1. The summed E-state index contributed by atoms with van der Waals surface area (Å²) in [6.45, 7) is 2.50. The van der Waals surface area contributed by atoms with Gasteiger partial charge in [-0.15, -0.1) is 0 Å². The van der Waals surface area contributed by atoms with E-state index in [-0.39, 0.29) is 5.91 Å². The van der Waals surface area contributed by atoms with Crippen molar-refractivity contribution >= 4 is 17.5 Å². The van der Waals surface area contributed by atoms with E-state index in [1.54, 1.807) is 11.9 Å². The summed E-state index contributed by atoms with van der Waals surface area (Å²) < 4.78 is 0. The van der Waals surface area contributed by atoms with Gasteiger partial charge in [-0.3, -0.25) is 4.79 Å². The highest BCUT2D eigenvalue weighted by atomic mass is 35.5. The summed E-state index contributed by atoms with van der Waals surface area (Å²) in [4.78, 5) is 13.0. The molecule has 0 spiro atoms. The van der Waals surface area contributed by atoms with Crippen molar-refractivity contribution in [1.82, 2.24) is 4.90 Å². The van der Waals surface area contributed by atoms with E-state index in [4.69, 9.17) is 11.6 Å². The van der Waals surface area contributed by atoms with Crippen LogP contribution < -0.4 is 0 Å². The zero-order valence-corrected chi connectivity index (χ0v) is 9.21. The van der Waals surface area contributed by atoms with E-state index in [1.165, 1.54) is 0 Å². The molecule has 1 aromatic carbocycles. The van der Waals surface area contributed by atoms with Crippen LogP contribution >= 0.6 is 11.6 Å². The molecule has 1 amide bonds. The molecule has 1 rings (SSSR count). The van der Waals surface area contributed by atoms with Crippen LogP contribution in [0, 0.1) is 0 Å². The smallest absolute Gasteiger partial charge is 0.222 e. The van der Waals surface area contributed by atoms with E-state index in [9.17, 15) is 4.79 Å². The Balaban J connectivity index is 2.60. The third-order valence-corrected chi connectivity index (χ3v) is 2.31. The monoisotopic (exact) mass is 211 g/mol. The highest BCUT2D eigenvalue weighted by Crippen LogP contribution is 2.11. The highest BCUT2D eigenvalue weighted by molar-refractivity contribution is 6.30. The largest absolute Gasteiger partial charge is 0.341 e. The minimum atomic E-state index is 0.153. The molecule has 0 aliphatic rings. The van der Waals surface area contributed by atoms with Crippen LogP contribution in [0.3, 0.4) is 0 Å². The first kappa shape index (κ1) is 11.1. The fourth-order valence-electron chi connectivity index (χ4n) is 1.22. The average molecular weight is 212 g/mol. The van der Waals surface area contributed by atoms with Crippen LogP contribution in [-0.2, 0) is 11.3 Å². The van der Waals surface area contributed by atoms with Gasteiger partial charge in [0, 0.05) is 25.0 Å². The second-order valence-electron chi connectivity index (χ2n) is 3.23. The lowest BCUT2D eigenvalue weighted by atomic mass is 10.2. The van der Waals surface area contributed by atoms with Crippen molar-refractivity contribution < 1.29 is 4.79 Å². The van der Waals surface area contributed by atoms with E-state index in [1.807, 2.05) is 31.2 Å². The number of halogens is 1. The standard InChI is InChI=1S/C11H14ClNO/c1-3-11(14)13(2)8-9-4-6-10(12)7-5-9/h4-7H,3,8H2,1-2H3. The average Bonchev–Trinajstić information content (AvgIpc) is 2.20. The molecule has 0 saturated heterocycles. The number of nitrogens with zero attached hydrogens (tertiary/aromatic N) is 1. The zero-order chi connectivity index (χ0) is 10.6. The summed E-state index contributed by atoms with van der Waals surface area (Å²) in [5.41, 5.74) is 1.10. The lowest BCUT2D eigenvalue weighted by molar-refractivity contribution is -0.130. The van der Waals surface area contributed by atoms with Gasteiger partial charge in [-0.2, -0.15) is 0 Å². The molecule has 76 valence electrons. The van der Waals surface area contributed by atoms with Gasteiger partial charge in [-0.05, 0) is 17.7 Å². The van der Waals surface area contributed by atoms with Gasteiger partial charge in [-0.25, -0.2) is 0 Å². The first-order chi connectivity index (χ1) is 6.63. The second kappa shape index (κ2) is 5.01. The van der Waals surface area contributed by atoms with E-state index in [2.05, 4.69) is 0 Å². The van der Waals surface area contributed by atoms with Crippen molar-refractivity contribution in [3.63, 3.8) is 0 Å². The number of rotatable bonds is 3. The van der Waals surface area contributed by atoms with Crippen molar-refractivity contribution in [1.29, 1.82) is 0 Å². The van der Waals surface area contributed by atoms with E-state index >= 15 is 0 Å². The number of carbonyl (C=O) groups excluding carboxylic acids is 1. The van der Waals surface area contributed by atoms with Gasteiger partial charge in [0.25, 0.3) is 0 Å². The maximum absolute atomic E-state index is 11.3. The summed E-state index contributed by atoms with van der Waals surface area (Å²) in [5, 5.41) is 0.721. The van der Waals surface area contributed by atoms with E-state index in [0.717, 1.165) is 10.6 Å². The quantitative estimate of drug-likeness (QED) is 0.753. The number of amides is 1. The van der Waals surface area contributed by atoms with Crippen LogP contribution in [0.1, 0.15) is 18.9 Å². The summed E-state index contributed by atoms with van der Waals surface area (Å²) >= 11 is 5.76. The molecule has 0 aromatic heterocycles. The van der Waals surface area contributed by atoms with Crippen molar-refractivity contribution in [2.45, 2.75) is 19.9 Å². The Morgan fingerprint density at radius 3 is 2.43 bits per heavy atom. The van der Waals surface area contributed by atoms with E-state index in [0.29, 0.717) is 13.0 Å². The molecule has 0 N–H and O–H groups in total. The molecule has 0 aliphatic carbocycles. The van der Waals surface area contributed by atoms with Gasteiger partial charge in [0.1, 0.15) is 0 Å². The summed E-state index contributed by atoms with van der Waals surface area (Å²) in [6.07, 6.45) is 0.546. The third kappa shape index (κ3) is 3.04. The SMILES string of the molecule is CCC(=O)N(C)Cc1ccc(Cl)cc1. The molecule has 3 heteroatoms. The summed E-state index contributed by atoms with van der Waals surface area (Å²) in [5.74, 6) is 0.153. The molecule has 0 bridgehead atoms. The van der Waals surface area contributed by atoms with Gasteiger partial charge >= 0.3 is 0 Å². The van der Waals surface area contributed by atoms with Gasteiger partial charge in [0.05, 0.1) is 0 Å². The van der Waals surface area contributed by atoms with Crippen molar-refractivity contribution in [3.8, 4) is 0 Å². The number of carbonyl (C=O) groups is 1. The molecule has 0 radical (unpaired) electrons. The molecule has 1 aromatic rings. The zero-order valence-electron chi connectivity index (χ0n) is 8.46. The van der Waals surface area contributed by atoms with Gasteiger partial charge < -0.3 is 4.90 Å². The summed E-state index contributed by atoms with van der Waals surface area (Å²) in [7, 11) is 1.81. The minimum absolute atomic E-state index is 0.153.